The SMILES string of the molecule is C[C@@H]1CN([C@H](C)C(=O)Nc2sccc2C(N)=O)C[C@@H](C)O1. The van der Waals surface area contributed by atoms with Crippen LogP contribution in [0.2, 0.25) is 0 Å². The minimum atomic E-state index is -0.534. The van der Waals surface area contributed by atoms with E-state index in [2.05, 4.69) is 10.2 Å². The lowest BCUT2D eigenvalue weighted by atomic mass is 10.1. The molecule has 2 heterocycles. The fourth-order valence-corrected chi connectivity index (χ4v) is 3.31. The number of nitrogens with two attached hydrogens (primary N) is 1. The number of primary amides is 1. The fourth-order valence-electron chi connectivity index (χ4n) is 2.52. The molecular weight excluding hydrogens is 290 g/mol. The molecule has 1 aliphatic heterocycles. The van der Waals surface area contributed by atoms with Gasteiger partial charge in [0.25, 0.3) is 5.91 Å². The Morgan fingerprint density at radius 3 is 2.62 bits per heavy atom. The van der Waals surface area contributed by atoms with Crippen LogP contribution in [0.3, 0.4) is 0 Å². The second kappa shape index (κ2) is 6.55. The summed E-state index contributed by atoms with van der Waals surface area (Å²) in [6.07, 6.45) is 0.207. The number of anilines is 1. The minimum absolute atomic E-state index is 0.104. The van der Waals surface area contributed by atoms with Crippen molar-refractivity contribution in [1.29, 1.82) is 0 Å². The minimum Gasteiger partial charge on any atom is -0.373 e. The molecular formula is C14H21N3O3S. The number of amides is 2. The number of hydrogen-bond acceptors (Lipinski definition) is 5. The molecule has 1 aromatic rings. The third kappa shape index (κ3) is 3.81. The maximum atomic E-state index is 12.4. The smallest absolute Gasteiger partial charge is 0.251 e. The van der Waals surface area contributed by atoms with Gasteiger partial charge in [0, 0.05) is 13.1 Å². The molecule has 7 heteroatoms. The highest BCUT2D eigenvalue weighted by molar-refractivity contribution is 7.14. The first kappa shape index (κ1) is 15.9. The van der Waals surface area contributed by atoms with Crippen LogP contribution in [-0.2, 0) is 9.53 Å². The molecule has 21 heavy (non-hydrogen) atoms. The topological polar surface area (TPSA) is 84.7 Å². The fraction of sp³-hybridized carbons (Fsp3) is 0.571. The molecule has 116 valence electrons. The molecule has 1 saturated heterocycles. The zero-order valence-corrected chi connectivity index (χ0v) is 13.3. The van der Waals surface area contributed by atoms with E-state index in [0.29, 0.717) is 23.7 Å². The Labute approximate surface area is 128 Å². The van der Waals surface area contributed by atoms with Crippen molar-refractivity contribution >= 4 is 28.2 Å². The number of ether oxygens (including phenoxy) is 1. The van der Waals surface area contributed by atoms with Crippen molar-refractivity contribution < 1.29 is 14.3 Å². The lowest BCUT2D eigenvalue weighted by Gasteiger charge is -2.38. The van der Waals surface area contributed by atoms with Crippen LogP contribution in [-0.4, -0.2) is 48.1 Å². The van der Waals surface area contributed by atoms with Gasteiger partial charge in [0.2, 0.25) is 5.91 Å². The normalized spacial score (nSPS) is 24.5. The predicted molar refractivity (Wildman–Crippen MR) is 82.5 cm³/mol. The Kier molecular flexibility index (Phi) is 4.97. The summed E-state index contributed by atoms with van der Waals surface area (Å²) in [4.78, 5) is 25.7. The molecule has 0 aliphatic carbocycles. The van der Waals surface area contributed by atoms with Gasteiger partial charge in [-0.3, -0.25) is 14.5 Å². The van der Waals surface area contributed by atoms with Gasteiger partial charge in [-0.2, -0.15) is 0 Å². The van der Waals surface area contributed by atoms with Crippen LogP contribution in [0, 0.1) is 0 Å². The standard InChI is InChI=1S/C14H21N3O3S/c1-8-6-17(7-9(2)20-8)10(3)13(19)16-14-11(12(15)18)4-5-21-14/h4-5,8-10H,6-7H2,1-3H3,(H2,15,18)(H,16,19)/t8-,9-,10-/m1/s1. The highest BCUT2D eigenvalue weighted by atomic mass is 32.1. The largest absolute Gasteiger partial charge is 0.373 e. The van der Waals surface area contributed by atoms with Crippen LogP contribution in [0.1, 0.15) is 31.1 Å². The molecule has 6 nitrogen and oxygen atoms in total. The van der Waals surface area contributed by atoms with Gasteiger partial charge in [-0.05, 0) is 32.2 Å². The molecule has 0 radical (unpaired) electrons. The van der Waals surface area contributed by atoms with Crippen LogP contribution in [0.25, 0.3) is 0 Å². The molecule has 0 spiro atoms. The second-order valence-electron chi connectivity index (χ2n) is 5.40. The van der Waals surface area contributed by atoms with Gasteiger partial charge in [-0.1, -0.05) is 0 Å². The Bertz CT molecular complexity index is 521. The number of carbonyl (C=O) groups is 2. The first-order valence-electron chi connectivity index (χ1n) is 6.96. The molecule has 2 rings (SSSR count). The first-order chi connectivity index (χ1) is 9.88. The number of thiophene rings is 1. The van der Waals surface area contributed by atoms with Crippen molar-refractivity contribution in [1.82, 2.24) is 4.90 Å². The maximum absolute atomic E-state index is 12.4. The molecule has 1 aromatic heterocycles. The molecule has 3 atom stereocenters. The van der Waals surface area contributed by atoms with E-state index >= 15 is 0 Å². The Morgan fingerprint density at radius 1 is 1.43 bits per heavy atom. The van der Waals surface area contributed by atoms with Gasteiger partial charge in [-0.15, -0.1) is 11.3 Å². The first-order valence-corrected chi connectivity index (χ1v) is 7.84. The molecule has 3 N–H and O–H groups in total. The molecule has 0 saturated carbocycles. The summed E-state index contributed by atoms with van der Waals surface area (Å²) in [5, 5.41) is 5.04. The number of morpholine rings is 1. The van der Waals surface area contributed by atoms with Crippen LogP contribution in [0.4, 0.5) is 5.00 Å². The molecule has 1 aliphatic rings. The average Bonchev–Trinajstić information content (AvgIpc) is 2.84. The highest BCUT2D eigenvalue weighted by Gasteiger charge is 2.29. The number of nitrogens with one attached hydrogen (secondary N) is 1. The second-order valence-corrected chi connectivity index (χ2v) is 6.32. The van der Waals surface area contributed by atoms with Crippen molar-refractivity contribution in [2.75, 3.05) is 18.4 Å². The van der Waals surface area contributed by atoms with Crippen LogP contribution < -0.4 is 11.1 Å². The monoisotopic (exact) mass is 311 g/mol. The summed E-state index contributed by atoms with van der Waals surface area (Å²) in [6.45, 7) is 7.28. The number of carbonyl (C=O) groups excluding carboxylic acids is 2. The quantitative estimate of drug-likeness (QED) is 0.877. The lowest BCUT2D eigenvalue weighted by Crippen LogP contribution is -2.52. The van der Waals surface area contributed by atoms with E-state index in [1.165, 1.54) is 11.3 Å². The van der Waals surface area contributed by atoms with Gasteiger partial charge in [0.05, 0.1) is 23.8 Å². The van der Waals surface area contributed by atoms with E-state index in [0.717, 1.165) is 0 Å². The summed E-state index contributed by atoms with van der Waals surface area (Å²) < 4.78 is 5.67. The van der Waals surface area contributed by atoms with Crippen LogP contribution >= 0.6 is 11.3 Å². The van der Waals surface area contributed by atoms with E-state index in [1.807, 2.05) is 20.8 Å². The van der Waals surface area contributed by atoms with Gasteiger partial charge < -0.3 is 15.8 Å². The molecule has 2 amide bonds. The summed E-state index contributed by atoms with van der Waals surface area (Å²) >= 11 is 1.30. The summed E-state index contributed by atoms with van der Waals surface area (Å²) in [5.74, 6) is -0.672. The van der Waals surface area contributed by atoms with Crippen molar-refractivity contribution in [2.45, 2.75) is 39.0 Å². The summed E-state index contributed by atoms with van der Waals surface area (Å²) in [5.41, 5.74) is 5.63. The van der Waals surface area contributed by atoms with Crippen LogP contribution in [0.5, 0.6) is 0 Å². The molecule has 0 unspecified atom stereocenters. The Hall–Kier alpha value is -1.44. The van der Waals surface area contributed by atoms with Crippen LogP contribution in [0.15, 0.2) is 11.4 Å². The zero-order chi connectivity index (χ0) is 15.6. The third-order valence-electron chi connectivity index (χ3n) is 3.54. The highest BCUT2D eigenvalue weighted by Crippen LogP contribution is 2.23. The van der Waals surface area contributed by atoms with E-state index in [9.17, 15) is 9.59 Å². The maximum Gasteiger partial charge on any atom is 0.251 e. The number of nitrogens with zero attached hydrogens (tertiary/aromatic N) is 1. The van der Waals surface area contributed by atoms with E-state index < -0.39 is 5.91 Å². The molecule has 0 aromatic carbocycles. The van der Waals surface area contributed by atoms with Crippen molar-refractivity contribution in [3.8, 4) is 0 Å². The van der Waals surface area contributed by atoms with Crippen molar-refractivity contribution in [3.05, 3.63) is 17.0 Å². The predicted octanol–water partition coefficient (Wildman–Crippen LogP) is 1.28. The average molecular weight is 311 g/mol. The summed E-state index contributed by atoms with van der Waals surface area (Å²) in [6, 6.07) is 1.33. The van der Waals surface area contributed by atoms with E-state index in [-0.39, 0.29) is 24.2 Å². The van der Waals surface area contributed by atoms with Gasteiger partial charge in [0.1, 0.15) is 5.00 Å². The number of hydrogen-bond donors (Lipinski definition) is 2. The zero-order valence-electron chi connectivity index (χ0n) is 12.5. The lowest BCUT2D eigenvalue weighted by molar-refractivity contribution is -0.126. The molecule has 1 fully saturated rings. The molecule has 0 bridgehead atoms. The van der Waals surface area contributed by atoms with Gasteiger partial charge >= 0.3 is 0 Å². The third-order valence-corrected chi connectivity index (χ3v) is 4.37. The Morgan fingerprint density at radius 2 is 2.05 bits per heavy atom. The number of rotatable bonds is 4. The van der Waals surface area contributed by atoms with Gasteiger partial charge in [-0.25, -0.2) is 0 Å². The Balaban J connectivity index is 2.02. The summed E-state index contributed by atoms with van der Waals surface area (Å²) in [7, 11) is 0. The van der Waals surface area contributed by atoms with E-state index in [4.69, 9.17) is 10.5 Å². The van der Waals surface area contributed by atoms with Crippen molar-refractivity contribution in [2.24, 2.45) is 5.73 Å². The van der Waals surface area contributed by atoms with Gasteiger partial charge in [0.15, 0.2) is 0 Å². The van der Waals surface area contributed by atoms with Crippen molar-refractivity contribution in [3.63, 3.8) is 0 Å². The van der Waals surface area contributed by atoms with E-state index in [1.54, 1.807) is 11.4 Å².